The Labute approximate surface area is 205 Å². The largest absolute Gasteiger partial charge is 0.305 e. The van der Waals surface area contributed by atoms with Gasteiger partial charge in [-0.2, -0.15) is 4.99 Å². The van der Waals surface area contributed by atoms with E-state index in [0.717, 1.165) is 15.8 Å². The van der Waals surface area contributed by atoms with Crippen molar-refractivity contribution in [3.8, 4) is 12.3 Å². The molecular weight excluding hydrogens is 490 g/mol. The number of fused-ring (bicyclic) bond motifs is 2. The first-order chi connectivity index (χ1) is 16.4. The topological polar surface area (TPSA) is 71.7 Å². The minimum absolute atomic E-state index is 0.125. The molecule has 0 atom stereocenters. The molecule has 0 spiro atoms. The molecule has 1 aliphatic heterocycles. The fraction of sp³-hybridized carbons (Fsp3) is 0.120. The molecule has 0 fully saturated rings. The predicted octanol–water partition coefficient (Wildman–Crippen LogP) is 4.48. The van der Waals surface area contributed by atoms with Gasteiger partial charge < -0.3 is 4.57 Å². The second-order valence-corrected chi connectivity index (χ2v) is 11.0. The Morgan fingerprint density at radius 1 is 1.12 bits per heavy atom. The van der Waals surface area contributed by atoms with Crippen molar-refractivity contribution >= 4 is 54.8 Å². The average Bonchev–Trinajstić information content (AvgIpc) is 3.41. The maximum atomic E-state index is 13.2. The van der Waals surface area contributed by atoms with E-state index in [9.17, 15) is 13.2 Å². The van der Waals surface area contributed by atoms with Crippen LogP contribution in [0.2, 0.25) is 5.02 Å². The van der Waals surface area contributed by atoms with E-state index in [1.54, 1.807) is 22.8 Å². The van der Waals surface area contributed by atoms with Crippen molar-refractivity contribution < 1.29 is 13.2 Å². The van der Waals surface area contributed by atoms with E-state index < -0.39 is 15.9 Å². The number of carbonyl (C=O) groups excluding carboxylic acids is 1. The summed E-state index contributed by atoms with van der Waals surface area (Å²) in [7, 11) is -3.73. The van der Waals surface area contributed by atoms with Crippen molar-refractivity contribution in [1.82, 2.24) is 4.57 Å². The van der Waals surface area contributed by atoms with Crippen LogP contribution >= 0.6 is 22.9 Å². The molecule has 1 aliphatic rings. The number of halogens is 1. The van der Waals surface area contributed by atoms with Gasteiger partial charge in [0.1, 0.15) is 0 Å². The van der Waals surface area contributed by atoms with Crippen molar-refractivity contribution in [1.29, 1.82) is 0 Å². The Morgan fingerprint density at radius 2 is 1.88 bits per heavy atom. The normalized spacial score (nSPS) is 13.8. The summed E-state index contributed by atoms with van der Waals surface area (Å²) in [5.41, 5.74) is 2.82. The highest BCUT2D eigenvalue weighted by atomic mass is 35.5. The molecule has 1 amide bonds. The second kappa shape index (κ2) is 8.76. The summed E-state index contributed by atoms with van der Waals surface area (Å²) in [6, 6.07) is 18.7. The smallest absolute Gasteiger partial charge is 0.279 e. The number of thiazole rings is 1. The van der Waals surface area contributed by atoms with Gasteiger partial charge in [0.25, 0.3) is 15.9 Å². The SMILES string of the molecule is C#CCn1c(=NC(=O)c2ccc(S(=O)(=O)N3CCc4ccccc43)cc2)sc2cc(Cl)ccc21. The number of sulfonamides is 1. The molecule has 0 bridgehead atoms. The number of nitrogens with zero attached hydrogens (tertiary/aromatic N) is 3. The predicted molar refractivity (Wildman–Crippen MR) is 135 cm³/mol. The Bertz CT molecular complexity index is 1650. The number of aromatic nitrogens is 1. The first-order valence-electron chi connectivity index (χ1n) is 10.4. The fourth-order valence-electron chi connectivity index (χ4n) is 3.98. The highest BCUT2D eigenvalue weighted by molar-refractivity contribution is 7.92. The molecule has 170 valence electrons. The third-order valence-corrected chi connectivity index (χ3v) is 8.73. The second-order valence-electron chi connectivity index (χ2n) is 7.68. The van der Waals surface area contributed by atoms with Crippen LogP contribution in [-0.4, -0.2) is 25.4 Å². The van der Waals surface area contributed by atoms with E-state index in [4.69, 9.17) is 18.0 Å². The molecule has 4 aromatic rings. The van der Waals surface area contributed by atoms with Crippen LogP contribution in [0, 0.1) is 12.3 Å². The van der Waals surface area contributed by atoms with Crippen LogP contribution in [0.4, 0.5) is 5.69 Å². The van der Waals surface area contributed by atoms with E-state index in [0.29, 0.717) is 28.5 Å². The number of hydrogen-bond acceptors (Lipinski definition) is 4. The summed E-state index contributed by atoms with van der Waals surface area (Å²) in [6.07, 6.45) is 6.18. The lowest BCUT2D eigenvalue weighted by Gasteiger charge is -2.19. The van der Waals surface area contributed by atoms with Crippen LogP contribution < -0.4 is 9.11 Å². The Hall–Kier alpha value is -3.38. The summed E-state index contributed by atoms with van der Waals surface area (Å²) in [4.78, 5) is 17.7. The molecule has 6 nitrogen and oxygen atoms in total. The molecule has 0 aliphatic carbocycles. The molecule has 0 radical (unpaired) electrons. The Balaban J connectivity index is 1.47. The molecule has 9 heteroatoms. The molecular formula is C25H18ClN3O3S2. The quantitative estimate of drug-likeness (QED) is 0.382. The number of benzene rings is 3. The van der Waals surface area contributed by atoms with Gasteiger partial charge in [-0.15, -0.1) is 6.42 Å². The van der Waals surface area contributed by atoms with Crippen LogP contribution in [0.3, 0.4) is 0 Å². The van der Waals surface area contributed by atoms with Crippen molar-refractivity contribution in [2.24, 2.45) is 4.99 Å². The van der Waals surface area contributed by atoms with E-state index in [-0.39, 0.29) is 17.0 Å². The van der Waals surface area contributed by atoms with E-state index in [2.05, 4.69) is 10.9 Å². The molecule has 2 heterocycles. The van der Waals surface area contributed by atoms with Gasteiger partial charge in [0.05, 0.1) is 27.3 Å². The van der Waals surface area contributed by atoms with Gasteiger partial charge in [-0.1, -0.05) is 47.1 Å². The van der Waals surface area contributed by atoms with E-state index >= 15 is 0 Å². The van der Waals surface area contributed by atoms with Gasteiger partial charge in [-0.25, -0.2) is 8.42 Å². The van der Waals surface area contributed by atoms with Crippen molar-refractivity contribution in [2.45, 2.75) is 17.9 Å². The van der Waals surface area contributed by atoms with E-state index in [1.807, 2.05) is 24.3 Å². The van der Waals surface area contributed by atoms with Gasteiger partial charge in [0.15, 0.2) is 4.80 Å². The van der Waals surface area contributed by atoms with Gasteiger partial charge in [-0.3, -0.25) is 9.10 Å². The van der Waals surface area contributed by atoms with Crippen LogP contribution in [0.5, 0.6) is 0 Å². The lowest BCUT2D eigenvalue weighted by Crippen LogP contribution is -2.29. The fourth-order valence-corrected chi connectivity index (χ4v) is 6.79. The monoisotopic (exact) mass is 507 g/mol. The molecule has 0 saturated carbocycles. The van der Waals surface area contributed by atoms with Gasteiger partial charge in [0, 0.05) is 17.1 Å². The first-order valence-corrected chi connectivity index (χ1v) is 13.0. The van der Waals surface area contributed by atoms with Crippen LogP contribution in [0.15, 0.2) is 76.6 Å². The Morgan fingerprint density at radius 3 is 2.65 bits per heavy atom. The summed E-state index contributed by atoms with van der Waals surface area (Å²) in [5, 5.41) is 0.580. The van der Waals surface area contributed by atoms with E-state index in [1.165, 1.54) is 39.9 Å². The zero-order valence-corrected chi connectivity index (χ0v) is 20.2. The summed E-state index contributed by atoms with van der Waals surface area (Å²) >= 11 is 7.40. The van der Waals surface area contributed by atoms with Gasteiger partial charge in [-0.05, 0) is 60.5 Å². The first kappa shape index (κ1) is 22.4. The third kappa shape index (κ3) is 3.92. The molecule has 0 saturated heterocycles. The summed E-state index contributed by atoms with van der Waals surface area (Å²) in [6.45, 7) is 0.644. The number of hydrogen-bond donors (Lipinski definition) is 0. The molecule has 1 aromatic heterocycles. The number of para-hydroxylation sites is 1. The standard InChI is InChI=1S/C25H18ClN3O3S2/c1-2-14-28-22-12-9-19(26)16-23(22)33-25(28)27-24(30)18-7-10-20(11-8-18)34(31,32)29-15-13-17-5-3-4-6-21(17)29/h1,3-12,16H,13-15H2. The molecule has 3 aromatic carbocycles. The third-order valence-electron chi connectivity index (χ3n) is 5.63. The highest BCUT2D eigenvalue weighted by Crippen LogP contribution is 2.32. The number of carbonyl (C=O) groups is 1. The number of terminal acetylenes is 1. The van der Waals surface area contributed by atoms with Gasteiger partial charge in [0.2, 0.25) is 0 Å². The molecule has 5 rings (SSSR count). The Kier molecular flexibility index (Phi) is 5.78. The van der Waals surface area contributed by atoms with Gasteiger partial charge >= 0.3 is 0 Å². The maximum Gasteiger partial charge on any atom is 0.279 e. The maximum absolute atomic E-state index is 13.2. The van der Waals surface area contributed by atoms with Crippen molar-refractivity contribution in [2.75, 3.05) is 10.8 Å². The molecule has 34 heavy (non-hydrogen) atoms. The lowest BCUT2D eigenvalue weighted by molar-refractivity contribution is 0.0998. The molecule has 0 unspecified atom stereocenters. The van der Waals surface area contributed by atoms with Crippen molar-refractivity contribution in [3.63, 3.8) is 0 Å². The number of anilines is 1. The minimum atomic E-state index is -3.73. The summed E-state index contributed by atoms with van der Waals surface area (Å²) < 4.78 is 30.4. The number of rotatable bonds is 4. The van der Waals surface area contributed by atoms with Crippen molar-refractivity contribution in [3.05, 3.63) is 87.7 Å². The highest BCUT2D eigenvalue weighted by Gasteiger charge is 2.30. The zero-order chi connectivity index (χ0) is 23.9. The average molecular weight is 508 g/mol. The van der Waals surface area contributed by atoms with Crippen LogP contribution in [0.1, 0.15) is 15.9 Å². The molecule has 0 N–H and O–H groups in total. The number of amides is 1. The van der Waals surface area contributed by atoms with Crippen LogP contribution in [-0.2, 0) is 23.0 Å². The zero-order valence-electron chi connectivity index (χ0n) is 17.8. The summed E-state index contributed by atoms with van der Waals surface area (Å²) in [5.74, 6) is 2.10. The van der Waals surface area contributed by atoms with Crippen LogP contribution in [0.25, 0.3) is 10.2 Å². The minimum Gasteiger partial charge on any atom is -0.305 e. The lowest BCUT2D eigenvalue weighted by atomic mass is 10.2.